The van der Waals surface area contributed by atoms with Crippen molar-refractivity contribution in [3.8, 4) is 0 Å². The molecule has 0 aliphatic rings. The lowest BCUT2D eigenvalue weighted by atomic mass is 10.2. The van der Waals surface area contributed by atoms with Crippen LogP contribution in [0.15, 0.2) is 58.6 Å². The van der Waals surface area contributed by atoms with Gasteiger partial charge in [-0.15, -0.1) is 0 Å². The highest BCUT2D eigenvalue weighted by atomic mass is 32.2. The molecule has 1 aromatic carbocycles. The standard InChI is InChI=1S/C17H23N3O4S2/c1-3-20(4-2)26(23,24)17-7-5-16(6-8-17)25(21,22)19-14-11-15-9-12-18-13-10-15/h5-10,12-13,19H,3-4,11,14H2,1-2H3. The van der Waals surface area contributed by atoms with Gasteiger partial charge in [-0.25, -0.2) is 21.6 Å². The number of nitrogens with zero attached hydrogens (tertiary/aromatic N) is 2. The molecule has 0 unspecified atom stereocenters. The average molecular weight is 398 g/mol. The Labute approximate surface area is 155 Å². The molecule has 0 bridgehead atoms. The summed E-state index contributed by atoms with van der Waals surface area (Å²) in [6.45, 7) is 4.47. The maximum absolute atomic E-state index is 12.4. The minimum atomic E-state index is -3.70. The smallest absolute Gasteiger partial charge is 0.243 e. The van der Waals surface area contributed by atoms with Crippen LogP contribution in [0.3, 0.4) is 0 Å². The Morgan fingerprint density at radius 2 is 1.42 bits per heavy atom. The SMILES string of the molecule is CCN(CC)S(=O)(=O)c1ccc(S(=O)(=O)NCCc2ccncc2)cc1. The molecule has 0 saturated carbocycles. The van der Waals surface area contributed by atoms with Crippen molar-refractivity contribution in [1.82, 2.24) is 14.0 Å². The molecule has 0 amide bonds. The van der Waals surface area contributed by atoms with Crippen LogP contribution in [0.4, 0.5) is 0 Å². The summed E-state index contributed by atoms with van der Waals surface area (Å²) in [5.41, 5.74) is 0.975. The van der Waals surface area contributed by atoms with Gasteiger partial charge >= 0.3 is 0 Å². The molecule has 0 fully saturated rings. The van der Waals surface area contributed by atoms with Crippen LogP contribution in [0, 0.1) is 0 Å². The summed E-state index contributed by atoms with van der Waals surface area (Å²) in [6, 6.07) is 8.91. The van der Waals surface area contributed by atoms with E-state index in [1.54, 1.807) is 26.2 Å². The monoisotopic (exact) mass is 397 g/mol. The van der Waals surface area contributed by atoms with E-state index in [1.165, 1.54) is 28.6 Å². The van der Waals surface area contributed by atoms with E-state index in [1.807, 2.05) is 12.1 Å². The molecule has 142 valence electrons. The van der Waals surface area contributed by atoms with Crippen LogP contribution in [-0.4, -0.2) is 45.8 Å². The Hall–Kier alpha value is -1.81. The molecule has 1 aromatic heterocycles. The highest BCUT2D eigenvalue weighted by molar-refractivity contribution is 7.89. The first kappa shape index (κ1) is 20.5. The van der Waals surface area contributed by atoms with E-state index in [0.717, 1.165) is 5.56 Å². The Morgan fingerprint density at radius 3 is 1.96 bits per heavy atom. The molecule has 0 aliphatic heterocycles. The molecule has 7 nitrogen and oxygen atoms in total. The fraction of sp³-hybridized carbons (Fsp3) is 0.353. The van der Waals surface area contributed by atoms with Crippen LogP contribution in [-0.2, 0) is 26.5 Å². The van der Waals surface area contributed by atoms with Crippen molar-refractivity contribution in [1.29, 1.82) is 0 Å². The molecule has 2 rings (SSSR count). The lowest BCUT2D eigenvalue weighted by Crippen LogP contribution is -2.30. The van der Waals surface area contributed by atoms with Gasteiger partial charge in [0.1, 0.15) is 0 Å². The summed E-state index contributed by atoms with van der Waals surface area (Å²) < 4.78 is 53.4. The highest BCUT2D eigenvalue weighted by Crippen LogP contribution is 2.18. The van der Waals surface area contributed by atoms with Crippen molar-refractivity contribution >= 4 is 20.0 Å². The minimum Gasteiger partial charge on any atom is -0.265 e. The van der Waals surface area contributed by atoms with Gasteiger partial charge in [-0.1, -0.05) is 13.8 Å². The van der Waals surface area contributed by atoms with Crippen LogP contribution in [0.25, 0.3) is 0 Å². The van der Waals surface area contributed by atoms with Crippen molar-refractivity contribution in [2.24, 2.45) is 0 Å². The van der Waals surface area contributed by atoms with E-state index >= 15 is 0 Å². The zero-order valence-corrected chi connectivity index (χ0v) is 16.4. The zero-order chi connectivity index (χ0) is 19.2. The Bertz CT molecular complexity index is 908. The molecular formula is C17H23N3O4S2. The van der Waals surface area contributed by atoms with Gasteiger partial charge in [0.15, 0.2) is 0 Å². The van der Waals surface area contributed by atoms with Crippen LogP contribution in [0.5, 0.6) is 0 Å². The van der Waals surface area contributed by atoms with Crippen LogP contribution in [0.1, 0.15) is 19.4 Å². The van der Waals surface area contributed by atoms with Gasteiger partial charge in [-0.05, 0) is 48.4 Å². The molecule has 26 heavy (non-hydrogen) atoms. The number of pyridine rings is 1. The number of nitrogens with one attached hydrogen (secondary N) is 1. The molecule has 0 saturated heterocycles. The van der Waals surface area contributed by atoms with Gasteiger partial charge in [0, 0.05) is 32.0 Å². The molecule has 2 aromatic rings. The number of hydrogen-bond acceptors (Lipinski definition) is 5. The quantitative estimate of drug-likeness (QED) is 0.694. The molecule has 0 atom stereocenters. The predicted molar refractivity (Wildman–Crippen MR) is 99.7 cm³/mol. The van der Waals surface area contributed by atoms with E-state index in [0.29, 0.717) is 19.5 Å². The summed E-state index contributed by atoms with van der Waals surface area (Å²) in [5, 5.41) is 0. The third-order valence-electron chi connectivity index (χ3n) is 3.93. The van der Waals surface area contributed by atoms with Gasteiger partial charge in [-0.2, -0.15) is 4.31 Å². The summed E-state index contributed by atoms with van der Waals surface area (Å²) in [7, 11) is -7.30. The third kappa shape index (κ3) is 4.88. The first-order valence-corrected chi connectivity index (χ1v) is 11.2. The van der Waals surface area contributed by atoms with E-state index in [-0.39, 0.29) is 16.3 Å². The molecule has 1 N–H and O–H groups in total. The average Bonchev–Trinajstić information content (AvgIpc) is 2.63. The van der Waals surface area contributed by atoms with Crippen molar-refractivity contribution in [3.05, 3.63) is 54.4 Å². The summed E-state index contributed by atoms with van der Waals surface area (Å²) >= 11 is 0. The second kappa shape index (κ2) is 8.72. The Kier molecular flexibility index (Phi) is 6.87. The van der Waals surface area contributed by atoms with Crippen molar-refractivity contribution in [3.63, 3.8) is 0 Å². The zero-order valence-electron chi connectivity index (χ0n) is 14.8. The maximum atomic E-state index is 12.4. The van der Waals surface area contributed by atoms with E-state index in [2.05, 4.69) is 9.71 Å². The summed E-state index contributed by atoms with van der Waals surface area (Å²) in [4.78, 5) is 4.02. The molecule has 0 spiro atoms. The lowest BCUT2D eigenvalue weighted by molar-refractivity contribution is 0.445. The fourth-order valence-electron chi connectivity index (χ4n) is 2.47. The molecular weight excluding hydrogens is 374 g/mol. The second-order valence-corrected chi connectivity index (χ2v) is 9.27. The molecule has 9 heteroatoms. The van der Waals surface area contributed by atoms with Crippen LogP contribution in [0.2, 0.25) is 0 Å². The maximum Gasteiger partial charge on any atom is 0.243 e. The Morgan fingerprint density at radius 1 is 0.885 bits per heavy atom. The first-order chi connectivity index (χ1) is 12.3. The normalized spacial score (nSPS) is 12.4. The largest absolute Gasteiger partial charge is 0.265 e. The van der Waals surface area contributed by atoms with Crippen molar-refractivity contribution in [2.45, 2.75) is 30.1 Å². The van der Waals surface area contributed by atoms with Crippen LogP contribution >= 0.6 is 0 Å². The second-order valence-electron chi connectivity index (χ2n) is 5.56. The number of aromatic nitrogens is 1. The van der Waals surface area contributed by atoms with Crippen LogP contribution < -0.4 is 4.72 Å². The highest BCUT2D eigenvalue weighted by Gasteiger charge is 2.22. The van der Waals surface area contributed by atoms with Gasteiger partial charge < -0.3 is 0 Å². The first-order valence-electron chi connectivity index (χ1n) is 8.30. The molecule has 0 radical (unpaired) electrons. The Balaban J connectivity index is 2.09. The van der Waals surface area contributed by atoms with E-state index in [9.17, 15) is 16.8 Å². The number of benzene rings is 1. The van der Waals surface area contributed by atoms with Crippen molar-refractivity contribution in [2.75, 3.05) is 19.6 Å². The van der Waals surface area contributed by atoms with Crippen molar-refractivity contribution < 1.29 is 16.8 Å². The van der Waals surface area contributed by atoms with E-state index in [4.69, 9.17) is 0 Å². The molecule has 1 heterocycles. The fourth-order valence-corrected chi connectivity index (χ4v) is 4.96. The summed E-state index contributed by atoms with van der Waals surface area (Å²) in [6.07, 6.45) is 3.84. The van der Waals surface area contributed by atoms with E-state index < -0.39 is 20.0 Å². The molecule has 0 aliphatic carbocycles. The third-order valence-corrected chi connectivity index (χ3v) is 7.47. The van der Waals surface area contributed by atoms with Gasteiger partial charge in [0.2, 0.25) is 20.0 Å². The predicted octanol–water partition coefficient (Wildman–Crippen LogP) is 1.63. The minimum absolute atomic E-state index is 0.0331. The number of rotatable bonds is 9. The number of sulfonamides is 2. The summed E-state index contributed by atoms with van der Waals surface area (Å²) in [5.74, 6) is 0. The lowest BCUT2D eigenvalue weighted by Gasteiger charge is -2.18. The topological polar surface area (TPSA) is 96.4 Å². The number of hydrogen-bond donors (Lipinski definition) is 1. The van der Waals surface area contributed by atoms with Gasteiger partial charge in [0.25, 0.3) is 0 Å². The van der Waals surface area contributed by atoms with Gasteiger partial charge in [-0.3, -0.25) is 4.98 Å². The van der Waals surface area contributed by atoms with Gasteiger partial charge in [0.05, 0.1) is 9.79 Å².